The lowest BCUT2D eigenvalue weighted by Crippen LogP contribution is -2.12. The van der Waals surface area contributed by atoms with Crippen LogP contribution < -0.4 is 4.74 Å². The van der Waals surface area contributed by atoms with E-state index < -0.39 is 6.10 Å². The van der Waals surface area contributed by atoms with Crippen molar-refractivity contribution < 1.29 is 9.84 Å². The van der Waals surface area contributed by atoms with Crippen molar-refractivity contribution in [3.8, 4) is 5.75 Å². The molecule has 0 radical (unpaired) electrons. The average molecular weight is 272 g/mol. The van der Waals surface area contributed by atoms with E-state index in [0.29, 0.717) is 12.5 Å². The van der Waals surface area contributed by atoms with Crippen LogP contribution >= 0.6 is 0 Å². The molecule has 0 heterocycles. The quantitative estimate of drug-likeness (QED) is 0.825. The van der Waals surface area contributed by atoms with Crippen LogP contribution in [-0.2, 0) is 0 Å². The number of aliphatic hydroxyl groups excluding tert-OH is 1. The highest BCUT2D eigenvalue weighted by Gasteiger charge is 2.14. The van der Waals surface area contributed by atoms with E-state index in [1.807, 2.05) is 24.3 Å². The molecular weight excluding hydrogens is 248 g/mol. The third-order valence-corrected chi connectivity index (χ3v) is 3.98. The van der Waals surface area contributed by atoms with Gasteiger partial charge in [0.05, 0.1) is 12.7 Å². The van der Waals surface area contributed by atoms with Crippen LogP contribution in [0.5, 0.6) is 5.75 Å². The molecule has 1 atom stereocenters. The molecule has 1 N–H and O–H groups in total. The second-order valence-electron chi connectivity index (χ2n) is 5.37. The number of aliphatic hydroxyl groups is 1. The summed E-state index contributed by atoms with van der Waals surface area (Å²) in [4.78, 5) is 0. The summed E-state index contributed by atoms with van der Waals surface area (Å²) in [6.07, 6.45) is 1.72. The summed E-state index contributed by atoms with van der Waals surface area (Å²) in [5.74, 6) is 1.40. The highest BCUT2D eigenvalue weighted by molar-refractivity contribution is 5.89. The number of ether oxygens (including phenoxy) is 1. The van der Waals surface area contributed by atoms with Crippen LogP contribution in [-0.4, -0.2) is 11.7 Å². The zero-order valence-electron chi connectivity index (χ0n) is 12.6. The fraction of sp³-hybridized carbons (Fsp3) is 0.444. The normalized spacial score (nSPS) is 12.8. The van der Waals surface area contributed by atoms with Crippen LogP contribution in [0, 0.1) is 5.92 Å². The van der Waals surface area contributed by atoms with E-state index in [-0.39, 0.29) is 0 Å². The smallest absolute Gasteiger partial charge is 0.132 e. The van der Waals surface area contributed by atoms with Crippen molar-refractivity contribution in [3.63, 3.8) is 0 Å². The fourth-order valence-corrected chi connectivity index (χ4v) is 2.48. The molecule has 0 saturated heterocycles. The first-order chi connectivity index (χ1) is 9.67. The van der Waals surface area contributed by atoms with E-state index in [9.17, 15) is 5.11 Å². The number of benzene rings is 2. The summed E-state index contributed by atoms with van der Waals surface area (Å²) in [5.41, 5.74) is 0.870. The van der Waals surface area contributed by atoms with E-state index in [2.05, 4.69) is 26.0 Å². The van der Waals surface area contributed by atoms with E-state index in [1.54, 1.807) is 6.92 Å². The third-order valence-electron chi connectivity index (χ3n) is 3.98. The van der Waals surface area contributed by atoms with Crippen LogP contribution in [0.3, 0.4) is 0 Å². The Hall–Kier alpha value is -1.54. The predicted molar refractivity (Wildman–Crippen MR) is 84.1 cm³/mol. The van der Waals surface area contributed by atoms with Gasteiger partial charge < -0.3 is 9.84 Å². The molecule has 0 spiro atoms. The summed E-state index contributed by atoms with van der Waals surface area (Å²) in [6.45, 7) is 6.88. The Morgan fingerprint density at radius 1 is 1.05 bits per heavy atom. The van der Waals surface area contributed by atoms with Crippen LogP contribution in [0.15, 0.2) is 36.4 Å². The summed E-state index contributed by atoms with van der Waals surface area (Å²) >= 11 is 0. The molecule has 0 unspecified atom stereocenters. The Balaban J connectivity index is 2.39. The maximum absolute atomic E-state index is 9.96. The monoisotopic (exact) mass is 272 g/mol. The lowest BCUT2D eigenvalue weighted by atomic mass is 10.0. The Kier molecular flexibility index (Phi) is 5.02. The molecule has 2 aromatic carbocycles. The van der Waals surface area contributed by atoms with Crippen molar-refractivity contribution in [3.05, 3.63) is 42.0 Å². The number of hydrogen-bond acceptors (Lipinski definition) is 2. The number of rotatable bonds is 6. The molecule has 2 aromatic rings. The van der Waals surface area contributed by atoms with Gasteiger partial charge in [0.25, 0.3) is 0 Å². The van der Waals surface area contributed by atoms with Gasteiger partial charge in [-0.05, 0) is 18.2 Å². The molecule has 0 aliphatic carbocycles. The summed E-state index contributed by atoms with van der Waals surface area (Å²) < 4.78 is 6.10. The van der Waals surface area contributed by atoms with Crippen molar-refractivity contribution in [2.24, 2.45) is 5.92 Å². The molecule has 2 nitrogen and oxygen atoms in total. The maximum atomic E-state index is 9.96. The Bertz CT molecular complexity index is 556. The summed E-state index contributed by atoms with van der Waals surface area (Å²) in [5, 5.41) is 12.2. The first-order valence-electron chi connectivity index (χ1n) is 7.49. The van der Waals surface area contributed by atoms with Gasteiger partial charge in [-0.2, -0.15) is 0 Å². The Morgan fingerprint density at radius 3 is 2.40 bits per heavy atom. The predicted octanol–water partition coefficient (Wildman–Crippen LogP) is 4.71. The minimum absolute atomic E-state index is 0.517. The molecule has 0 saturated carbocycles. The van der Waals surface area contributed by atoms with Crippen LogP contribution in [0.25, 0.3) is 10.8 Å². The summed E-state index contributed by atoms with van der Waals surface area (Å²) in [6, 6.07) is 12.2. The molecule has 108 valence electrons. The van der Waals surface area contributed by atoms with Crippen molar-refractivity contribution >= 4 is 10.8 Å². The van der Waals surface area contributed by atoms with Gasteiger partial charge in [-0.25, -0.2) is 0 Å². The van der Waals surface area contributed by atoms with E-state index in [1.165, 1.54) is 0 Å². The zero-order chi connectivity index (χ0) is 14.5. The van der Waals surface area contributed by atoms with Crippen LogP contribution in [0.1, 0.15) is 45.3 Å². The van der Waals surface area contributed by atoms with Crippen molar-refractivity contribution in [2.75, 3.05) is 6.61 Å². The van der Waals surface area contributed by atoms with Gasteiger partial charge in [0, 0.05) is 10.9 Å². The number of hydrogen-bond donors (Lipinski definition) is 1. The standard InChI is InChI=1S/C18H24O2/c1-4-14(5-2)12-20-18-16(13(3)19)11-10-15-8-6-7-9-17(15)18/h6-11,13-14,19H,4-5,12H2,1-3H3/t13-/m0/s1. The van der Waals surface area contributed by atoms with Gasteiger partial charge in [-0.1, -0.05) is 63.1 Å². The third kappa shape index (κ3) is 3.13. The molecule has 0 fully saturated rings. The van der Waals surface area contributed by atoms with E-state index in [4.69, 9.17) is 4.74 Å². The minimum atomic E-state index is -0.517. The minimum Gasteiger partial charge on any atom is -0.492 e. The van der Waals surface area contributed by atoms with Gasteiger partial charge in [0.15, 0.2) is 0 Å². The van der Waals surface area contributed by atoms with E-state index >= 15 is 0 Å². The molecule has 2 rings (SSSR count). The molecule has 20 heavy (non-hydrogen) atoms. The van der Waals surface area contributed by atoms with Crippen molar-refractivity contribution in [2.45, 2.75) is 39.7 Å². The summed E-state index contributed by atoms with van der Waals surface area (Å²) in [7, 11) is 0. The van der Waals surface area contributed by atoms with Crippen LogP contribution in [0.2, 0.25) is 0 Å². The molecular formula is C18H24O2. The lowest BCUT2D eigenvalue weighted by Gasteiger charge is -2.19. The van der Waals surface area contributed by atoms with Crippen molar-refractivity contribution in [1.82, 2.24) is 0 Å². The molecule has 0 aliphatic heterocycles. The van der Waals surface area contributed by atoms with Gasteiger partial charge in [0.2, 0.25) is 0 Å². The van der Waals surface area contributed by atoms with E-state index in [0.717, 1.165) is 34.9 Å². The second kappa shape index (κ2) is 6.76. The zero-order valence-corrected chi connectivity index (χ0v) is 12.6. The second-order valence-corrected chi connectivity index (χ2v) is 5.37. The van der Waals surface area contributed by atoms with Gasteiger partial charge in [-0.15, -0.1) is 0 Å². The first-order valence-corrected chi connectivity index (χ1v) is 7.49. The largest absolute Gasteiger partial charge is 0.492 e. The van der Waals surface area contributed by atoms with Gasteiger partial charge in [-0.3, -0.25) is 0 Å². The number of fused-ring (bicyclic) bond motifs is 1. The van der Waals surface area contributed by atoms with Gasteiger partial charge in [0.1, 0.15) is 5.75 Å². The Labute approximate surface area is 121 Å². The molecule has 0 bridgehead atoms. The first kappa shape index (κ1) is 14.9. The molecule has 0 amide bonds. The SMILES string of the molecule is CCC(CC)COc1c([C@H](C)O)ccc2ccccc12. The average Bonchev–Trinajstić information content (AvgIpc) is 2.47. The van der Waals surface area contributed by atoms with Gasteiger partial charge >= 0.3 is 0 Å². The Morgan fingerprint density at radius 2 is 1.75 bits per heavy atom. The molecule has 0 aromatic heterocycles. The highest BCUT2D eigenvalue weighted by atomic mass is 16.5. The maximum Gasteiger partial charge on any atom is 0.132 e. The molecule has 2 heteroatoms. The lowest BCUT2D eigenvalue weighted by molar-refractivity contribution is 0.185. The topological polar surface area (TPSA) is 29.5 Å². The van der Waals surface area contributed by atoms with Crippen molar-refractivity contribution in [1.29, 1.82) is 0 Å². The highest BCUT2D eigenvalue weighted by Crippen LogP contribution is 2.34. The fourth-order valence-electron chi connectivity index (χ4n) is 2.48. The molecule has 0 aliphatic rings. The van der Waals surface area contributed by atoms with Crippen LogP contribution in [0.4, 0.5) is 0 Å².